The predicted octanol–water partition coefficient (Wildman–Crippen LogP) is 2.35. The van der Waals surface area contributed by atoms with Gasteiger partial charge in [-0.3, -0.25) is 4.99 Å². The van der Waals surface area contributed by atoms with Gasteiger partial charge in [-0.15, -0.1) is 0 Å². The summed E-state index contributed by atoms with van der Waals surface area (Å²) in [4.78, 5) is 4.83. The number of anilines is 1. The van der Waals surface area contributed by atoms with Crippen molar-refractivity contribution in [2.24, 2.45) is 4.99 Å². The molecule has 8 nitrogen and oxygen atoms in total. The highest BCUT2D eigenvalue weighted by atomic mass is 16.8. The molecule has 0 amide bonds. The van der Waals surface area contributed by atoms with Crippen LogP contribution in [0.2, 0.25) is 0 Å². The average Bonchev–Trinajstić information content (AvgIpc) is 2.90. The van der Waals surface area contributed by atoms with E-state index in [1.54, 1.807) is 36.4 Å². The summed E-state index contributed by atoms with van der Waals surface area (Å²) in [5.41, 5.74) is 3.55. The van der Waals surface area contributed by atoms with Crippen LogP contribution in [0.15, 0.2) is 77.8 Å². The number of nitrogens with zero attached hydrogens (tertiary/aromatic N) is 1. The maximum Gasteiger partial charge on any atom is 0.164 e. The fourth-order valence-electron chi connectivity index (χ4n) is 3.71. The van der Waals surface area contributed by atoms with Crippen molar-refractivity contribution >= 4 is 28.5 Å². The van der Waals surface area contributed by atoms with Crippen molar-refractivity contribution in [1.29, 1.82) is 0 Å². The van der Waals surface area contributed by atoms with Gasteiger partial charge < -0.3 is 15.7 Å². The van der Waals surface area contributed by atoms with Gasteiger partial charge >= 0.3 is 0 Å². The van der Waals surface area contributed by atoms with Crippen LogP contribution in [0.3, 0.4) is 0 Å². The number of para-hydroxylation sites is 2. The summed E-state index contributed by atoms with van der Waals surface area (Å²) in [5, 5.41) is 43.3. The smallest absolute Gasteiger partial charge is 0.164 e. The Balaban J connectivity index is 1.85. The van der Waals surface area contributed by atoms with Gasteiger partial charge in [-0.1, -0.05) is 36.4 Å². The van der Waals surface area contributed by atoms with E-state index < -0.39 is 16.0 Å². The molecule has 4 rings (SSSR count). The SMILES string of the molecule is C[C@]1(c2cccc([NH+]([O-])O)c2)CC(c2cccc([NH+]([O-])O)c2)=Nc2ccccc2N1. The largest absolute Gasteiger partial charge is 0.595 e. The van der Waals surface area contributed by atoms with Crippen LogP contribution >= 0.6 is 0 Å². The molecule has 8 heteroatoms. The van der Waals surface area contributed by atoms with E-state index in [0.29, 0.717) is 12.0 Å². The summed E-state index contributed by atoms with van der Waals surface area (Å²) in [7, 11) is 0. The summed E-state index contributed by atoms with van der Waals surface area (Å²) < 4.78 is 0. The quantitative estimate of drug-likeness (QED) is 0.426. The van der Waals surface area contributed by atoms with Crippen LogP contribution in [0.25, 0.3) is 0 Å². The summed E-state index contributed by atoms with van der Waals surface area (Å²) in [6.07, 6.45) is 0.438. The Hall–Kier alpha value is -3.11. The molecule has 30 heavy (non-hydrogen) atoms. The predicted molar refractivity (Wildman–Crippen MR) is 113 cm³/mol. The van der Waals surface area contributed by atoms with E-state index in [4.69, 9.17) is 4.99 Å². The van der Waals surface area contributed by atoms with Gasteiger partial charge in [0.15, 0.2) is 11.4 Å². The van der Waals surface area contributed by atoms with Crippen LogP contribution in [0.4, 0.5) is 22.7 Å². The molecule has 1 aliphatic heterocycles. The third kappa shape index (κ3) is 3.96. The summed E-state index contributed by atoms with van der Waals surface area (Å²) >= 11 is 0. The zero-order valence-corrected chi connectivity index (χ0v) is 16.3. The first kappa shape index (κ1) is 20.2. The molecule has 5 N–H and O–H groups in total. The molecule has 1 aliphatic rings. The van der Waals surface area contributed by atoms with Crippen LogP contribution in [-0.2, 0) is 5.54 Å². The zero-order chi connectivity index (χ0) is 21.3. The average molecular weight is 406 g/mol. The fourth-order valence-corrected chi connectivity index (χ4v) is 3.71. The Bertz CT molecular complexity index is 1100. The minimum atomic E-state index is -0.999. The lowest BCUT2D eigenvalue weighted by Crippen LogP contribution is -2.99. The molecule has 0 radical (unpaired) electrons. The van der Waals surface area contributed by atoms with Crippen molar-refractivity contribution < 1.29 is 20.9 Å². The summed E-state index contributed by atoms with van der Waals surface area (Å²) in [6.45, 7) is 1.99. The van der Waals surface area contributed by atoms with Crippen LogP contribution in [0.5, 0.6) is 0 Å². The van der Waals surface area contributed by atoms with E-state index in [0.717, 1.165) is 22.6 Å². The minimum Gasteiger partial charge on any atom is -0.595 e. The van der Waals surface area contributed by atoms with Crippen LogP contribution in [0.1, 0.15) is 24.5 Å². The second-order valence-electron chi connectivity index (χ2n) is 7.48. The number of fused-ring (bicyclic) bond motifs is 1. The van der Waals surface area contributed by atoms with Gasteiger partial charge in [0.05, 0.1) is 22.6 Å². The van der Waals surface area contributed by atoms with Gasteiger partial charge in [0.1, 0.15) is 0 Å². The van der Waals surface area contributed by atoms with Gasteiger partial charge in [0, 0.05) is 36.2 Å². The second kappa shape index (κ2) is 7.96. The number of quaternary nitrogens is 2. The van der Waals surface area contributed by atoms with Crippen molar-refractivity contribution in [1.82, 2.24) is 0 Å². The molecule has 0 saturated heterocycles. The monoisotopic (exact) mass is 406 g/mol. The van der Waals surface area contributed by atoms with E-state index in [1.807, 2.05) is 43.3 Å². The highest BCUT2D eigenvalue weighted by Crippen LogP contribution is 2.39. The molecule has 154 valence electrons. The second-order valence-corrected chi connectivity index (χ2v) is 7.48. The molecule has 3 aromatic carbocycles. The van der Waals surface area contributed by atoms with Crippen LogP contribution in [-0.4, -0.2) is 16.1 Å². The van der Waals surface area contributed by atoms with Crippen molar-refractivity contribution in [2.75, 3.05) is 5.32 Å². The summed E-state index contributed by atoms with van der Waals surface area (Å²) in [5.74, 6) is 0. The molecule has 2 unspecified atom stereocenters. The molecule has 0 saturated carbocycles. The van der Waals surface area contributed by atoms with Crippen LogP contribution in [0, 0.1) is 10.4 Å². The van der Waals surface area contributed by atoms with E-state index >= 15 is 0 Å². The first-order valence-electron chi connectivity index (χ1n) is 9.48. The van der Waals surface area contributed by atoms with Gasteiger partial charge in [-0.05, 0) is 24.6 Å². The molecular formula is C22H22N4O4. The van der Waals surface area contributed by atoms with Gasteiger partial charge in [-0.25, -0.2) is 10.4 Å². The lowest BCUT2D eigenvalue weighted by molar-refractivity contribution is -0.991. The topological polar surface area (TPSA) is 120 Å². The third-order valence-electron chi connectivity index (χ3n) is 5.28. The van der Waals surface area contributed by atoms with E-state index in [2.05, 4.69) is 5.32 Å². The normalized spacial score (nSPS) is 20.4. The van der Waals surface area contributed by atoms with Gasteiger partial charge in [0.25, 0.3) is 0 Å². The first-order chi connectivity index (χ1) is 14.4. The van der Waals surface area contributed by atoms with E-state index in [1.165, 1.54) is 0 Å². The summed E-state index contributed by atoms with van der Waals surface area (Å²) in [6, 6.07) is 21.2. The lowest BCUT2D eigenvalue weighted by atomic mass is 9.84. The highest BCUT2D eigenvalue weighted by molar-refractivity contribution is 6.05. The molecule has 0 aliphatic carbocycles. The molecule has 1 heterocycles. The number of aliphatic imine (C=N–C) groups is 1. The Labute approximate surface area is 173 Å². The number of hydrogen-bond donors (Lipinski definition) is 5. The highest BCUT2D eigenvalue weighted by Gasteiger charge is 2.33. The maximum atomic E-state index is 11.5. The van der Waals surface area contributed by atoms with Gasteiger partial charge in [0.2, 0.25) is 0 Å². The van der Waals surface area contributed by atoms with Gasteiger partial charge in [-0.2, -0.15) is 10.5 Å². The van der Waals surface area contributed by atoms with Crippen molar-refractivity contribution in [3.63, 3.8) is 0 Å². The molecule has 0 fully saturated rings. The number of hydrogen-bond acceptors (Lipinski definition) is 6. The third-order valence-corrected chi connectivity index (χ3v) is 5.28. The van der Waals surface area contributed by atoms with Crippen molar-refractivity contribution in [3.8, 4) is 0 Å². The molecule has 0 bridgehead atoms. The van der Waals surface area contributed by atoms with E-state index in [-0.39, 0.29) is 11.4 Å². The van der Waals surface area contributed by atoms with Crippen LogP contribution < -0.4 is 15.8 Å². The number of rotatable bonds is 4. The molecule has 3 atom stereocenters. The minimum absolute atomic E-state index is 0.190. The molecule has 0 spiro atoms. The fraction of sp³-hybridized carbons (Fsp3) is 0.136. The number of benzene rings is 3. The molecule has 3 aromatic rings. The molecule has 0 aromatic heterocycles. The number of nitrogens with one attached hydrogen (secondary N) is 3. The van der Waals surface area contributed by atoms with E-state index in [9.17, 15) is 20.8 Å². The standard InChI is InChI=1S/C22H22N4O4/c1-22(16-7-5-9-18(13-16)26(29)30)14-21(15-6-4-8-17(12-15)25(27)28)23-19-10-2-3-11-20(19)24-22/h2-13,24-27,29H,14H2,1H3/t22-/m1/s1. The lowest BCUT2D eigenvalue weighted by Gasteiger charge is -2.32. The molecular weight excluding hydrogens is 384 g/mol. The first-order valence-corrected chi connectivity index (χ1v) is 9.48. The maximum absolute atomic E-state index is 11.5. The zero-order valence-electron chi connectivity index (χ0n) is 16.3. The Morgan fingerprint density at radius 2 is 1.57 bits per heavy atom. The Morgan fingerprint density at radius 1 is 0.900 bits per heavy atom. The van der Waals surface area contributed by atoms with Crippen molar-refractivity contribution in [3.05, 3.63) is 94.3 Å². The Kier molecular flexibility index (Phi) is 5.35. The Morgan fingerprint density at radius 3 is 2.30 bits per heavy atom. The van der Waals surface area contributed by atoms with Crippen molar-refractivity contribution in [2.45, 2.75) is 18.9 Å².